The molecule has 1 aliphatic rings. The zero-order valence-corrected chi connectivity index (χ0v) is 15.8. The van der Waals surface area contributed by atoms with Gasteiger partial charge in [-0.05, 0) is 42.7 Å². The highest BCUT2D eigenvalue weighted by Gasteiger charge is 2.41. The van der Waals surface area contributed by atoms with E-state index in [1.165, 1.54) is 12.1 Å². The maximum absolute atomic E-state index is 12.7. The molecule has 3 N–H and O–H groups in total. The molecule has 2 aromatic carbocycles. The second-order valence-electron chi connectivity index (χ2n) is 7.35. The van der Waals surface area contributed by atoms with Crippen molar-refractivity contribution in [2.45, 2.75) is 24.9 Å². The van der Waals surface area contributed by atoms with Crippen molar-refractivity contribution in [2.75, 3.05) is 11.9 Å². The predicted octanol–water partition coefficient (Wildman–Crippen LogP) is 3.83. The Morgan fingerprint density at radius 1 is 1.10 bits per heavy atom. The monoisotopic (exact) mass is 416 g/mol. The molecule has 0 saturated heterocycles. The van der Waals surface area contributed by atoms with Crippen molar-refractivity contribution in [3.63, 3.8) is 0 Å². The number of halogens is 3. The first-order chi connectivity index (χ1) is 14.3. The number of para-hydroxylation sites is 2. The lowest BCUT2D eigenvalue weighted by Gasteiger charge is -2.10. The number of imidazole rings is 1. The fourth-order valence-corrected chi connectivity index (χ4v) is 3.42. The number of alkyl halides is 3. The van der Waals surface area contributed by atoms with Gasteiger partial charge in [0.05, 0.1) is 23.1 Å². The number of amides is 2. The highest BCUT2D eigenvalue weighted by molar-refractivity contribution is 5.94. The van der Waals surface area contributed by atoms with Gasteiger partial charge >= 0.3 is 6.18 Å². The van der Waals surface area contributed by atoms with Crippen molar-refractivity contribution in [1.29, 1.82) is 0 Å². The van der Waals surface area contributed by atoms with Crippen LogP contribution in [0.25, 0.3) is 11.0 Å². The number of carbonyl (C=O) groups is 2. The van der Waals surface area contributed by atoms with E-state index in [0.717, 1.165) is 35.4 Å². The van der Waals surface area contributed by atoms with E-state index in [1.807, 2.05) is 24.3 Å². The number of aromatic nitrogens is 2. The van der Waals surface area contributed by atoms with E-state index < -0.39 is 17.6 Å². The molecule has 1 saturated carbocycles. The van der Waals surface area contributed by atoms with Crippen LogP contribution >= 0.6 is 0 Å². The van der Waals surface area contributed by atoms with E-state index in [1.54, 1.807) is 0 Å². The number of fused-ring (bicyclic) bond motifs is 1. The maximum atomic E-state index is 12.7. The van der Waals surface area contributed by atoms with Crippen LogP contribution in [0.5, 0.6) is 0 Å². The summed E-state index contributed by atoms with van der Waals surface area (Å²) in [6.07, 6.45) is -3.39. The fraction of sp³-hybridized carbons (Fsp3) is 0.286. The van der Waals surface area contributed by atoms with Crippen molar-refractivity contribution in [3.05, 3.63) is 59.9 Å². The maximum Gasteiger partial charge on any atom is 0.416 e. The molecule has 0 bridgehead atoms. The summed E-state index contributed by atoms with van der Waals surface area (Å²) < 4.78 is 38.2. The highest BCUT2D eigenvalue weighted by atomic mass is 19.4. The lowest BCUT2D eigenvalue weighted by molar-refractivity contribution is -0.137. The summed E-state index contributed by atoms with van der Waals surface area (Å²) in [5, 5.41) is 4.87. The van der Waals surface area contributed by atoms with Crippen LogP contribution < -0.4 is 10.6 Å². The van der Waals surface area contributed by atoms with E-state index in [2.05, 4.69) is 20.6 Å². The van der Waals surface area contributed by atoms with Gasteiger partial charge in [-0.2, -0.15) is 13.2 Å². The Morgan fingerprint density at radius 2 is 1.90 bits per heavy atom. The van der Waals surface area contributed by atoms with E-state index in [-0.39, 0.29) is 36.4 Å². The molecule has 9 heteroatoms. The smallest absolute Gasteiger partial charge is 0.347 e. The van der Waals surface area contributed by atoms with Crippen molar-refractivity contribution in [2.24, 2.45) is 5.92 Å². The molecular formula is C21H19F3N4O2. The predicted molar refractivity (Wildman–Crippen MR) is 105 cm³/mol. The molecule has 6 nitrogen and oxygen atoms in total. The van der Waals surface area contributed by atoms with Crippen molar-refractivity contribution in [3.8, 4) is 0 Å². The van der Waals surface area contributed by atoms with E-state index in [0.29, 0.717) is 0 Å². The number of nitrogens with zero attached hydrogens (tertiary/aromatic N) is 1. The van der Waals surface area contributed by atoms with Gasteiger partial charge in [0.25, 0.3) is 0 Å². The average Bonchev–Trinajstić information content (AvgIpc) is 3.32. The molecule has 156 valence electrons. The number of carbonyl (C=O) groups excluding carboxylic acids is 2. The summed E-state index contributed by atoms with van der Waals surface area (Å²) >= 11 is 0. The van der Waals surface area contributed by atoms with Gasteiger partial charge in [0.1, 0.15) is 5.82 Å². The molecule has 2 atom stereocenters. The molecule has 0 unspecified atom stereocenters. The zero-order valence-electron chi connectivity index (χ0n) is 15.8. The minimum Gasteiger partial charge on any atom is -0.347 e. The van der Waals surface area contributed by atoms with Crippen LogP contribution in [-0.2, 0) is 15.8 Å². The second kappa shape index (κ2) is 7.81. The number of rotatable bonds is 6. The third kappa shape index (κ3) is 4.61. The zero-order chi connectivity index (χ0) is 21.3. The molecule has 1 fully saturated rings. The van der Waals surface area contributed by atoms with Gasteiger partial charge in [-0.25, -0.2) is 4.98 Å². The van der Waals surface area contributed by atoms with Gasteiger partial charge in [0.15, 0.2) is 0 Å². The third-order valence-electron chi connectivity index (χ3n) is 5.05. The molecule has 4 rings (SSSR count). The Hall–Kier alpha value is -3.36. The quantitative estimate of drug-likeness (QED) is 0.571. The summed E-state index contributed by atoms with van der Waals surface area (Å²) in [4.78, 5) is 31.9. The van der Waals surface area contributed by atoms with Gasteiger partial charge in [0.2, 0.25) is 11.8 Å². The van der Waals surface area contributed by atoms with Gasteiger partial charge in [-0.15, -0.1) is 0 Å². The molecular weight excluding hydrogens is 397 g/mol. The van der Waals surface area contributed by atoms with Crippen LogP contribution in [-0.4, -0.2) is 28.3 Å². The molecule has 0 spiro atoms. The van der Waals surface area contributed by atoms with Gasteiger partial charge in [0, 0.05) is 18.0 Å². The van der Waals surface area contributed by atoms with Crippen LogP contribution in [0.1, 0.15) is 30.1 Å². The van der Waals surface area contributed by atoms with Crippen molar-refractivity contribution < 1.29 is 22.8 Å². The first-order valence-corrected chi connectivity index (χ1v) is 9.48. The Bertz CT molecular complexity index is 1060. The summed E-state index contributed by atoms with van der Waals surface area (Å²) in [5.74, 6) is 0.320. The lowest BCUT2D eigenvalue weighted by atomic mass is 10.2. The Balaban J connectivity index is 1.24. The van der Waals surface area contributed by atoms with E-state index >= 15 is 0 Å². The molecule has 3 aromatic rings. The van der Waals surface area contributed by atoms with Crippen LogP contribution in [0.3, 0.4) is 0 Å². The minimum absolute atomic E-state index is 0.0243. The number of hydrogen-bond donors (Lipinski definition) is 3. The number of benzene rings is 2. The Morgan fingerprint density at radius 3 is 2.67 bits per heavy atom. The van der Waals surface area contributed by atoms with Crippen molar-refractivity contribution >= 4 is 28.5 Å². The van der Waals surface area contributed by atoms with Gasteiger partial charge in [-0.1, -0.05) is 18.2 Å². The normalized spacial score (nSPS) is 18.2. The van der Waals surface area contributed by atoms with Gasteiger partial charge in [-0.3, -0.25) is 9.59 Å². The first-order valence-electron chi connectivity index (χ1n) is 9.48. The summed E-state index contributed by atoms with van der Waals surface area (Å²) in [7, 11) is 0. The molecule has 0 aliphatic heterocycles. The second-order valence-corrected chi connectivity index (χ2v) is 7.35. The van der Waals surface area contributed by atoms with Crippen LogP contribution in [0, 0.1) is 5.92 Å². The highest BCUT2D eigenvalue weighted by Crippen LogP contribution is 2.48. The number of H-pyrrole nitrogens is 1. The first kappa shape index (κ1) is 19.9. The number of nitrogens with one attached hydrogen (secondary N) is 3. The molecule has 1 heterocycles. The minimum atomic E-state index is -4.49. The number of anilines is 1. The summed E-state index contributed by atoms with van der Waals surface area (Å²) in [6, 6.07) is 12.0. The molecule has 30 heavy (non-hydrogen) atoms. The molecule has 1 aliphatic carbocycles. The topological polar surface area (TPSA) is 86.9 Å². The summed E-state index contributed by atoms with van der Waals surface area (Å²) in [6.45, 7) is -0.308. The van der Waals surface area contributed by atoms with Gasteiger partial charge < -0.3 is 15.6 Å². The largest absolute Gasteiger partial charge is 0.416 e. The van der Waals surface area contributed by atoms with E-state index in [9.17, 15) is 22.8 Å². The molecule has 2 amide bonds. The molecule has 1 aromatic heterocycles. The van der Waals surface area contributed by atoms with Crippen LogP contribution in [0.4, 0.5) is 18.9 Å². The average molecular weight is 416 g/mol. The van der Waals surface area contributed by atoms with Crippen LogP contribution in [0.15, 0.2) is 48.5 Å². The van der Waals surface area contributed by atoms with Crippen molar-refractivity contribution in [1.82, 2.24) is 15.3 Å². The molecule has 0 radical (unpaired) electrons. The Kier molecular flexibility index (Phi) is 5.19. The standard InChI is InChI=1S/C21H19F3N4O2/c22-21(23,24)13-4-3-5-14(10-13)26-19(30)11-25-18(29)9-12-8-15(12)20-27-16-6-1-2-7-17(16)28-20/h1-7,10,12,15H,8-9,11H2,(H,25,29)(H,26,30)(H,27,28)/t12-,15-/m0/s1. The fourth-order valence-electron chi connectivity index (χ4n) is 3.42. The Labute approximate surface area is 169 Å². The summed E-state index contributed by atoms with van der Waals surface area (Å²) in [5.41, 5.74) is 1.01. The van der Waals surface area contributed by atoms with E-state index in [4.69, 9.17) is 0 Å². The lowest BCUT2D eigenvalue weighted by Crippen LogP contribution is -2.33. The number of aromatic amines is 1. The number of hydrogen-bond acceptors (Lipinski definition) is 3. The SMILES string of the molecule is O=C(C[C@@H]1C[C@@H]1c1nc2ccccc2[nH]1)NCC(=O)Nc1cccc(C(F)(F)F)c1. The van der Waals surface area contributed by atoms with Crippen LogP contribution in [0.2, 0.25) is 0 Å². The third-order valence-corrected chi connectivity index (χ3v) is 5.05.